The average Bonchev–Trinajstić information content (AvgIpc) is 2.35. The van der Waals surface area contributed by atoms with E-state index in [4.69, 9.17) is 5.73 Å². The molecule has 0 aliphatic carbocycles. The second kappa shape index (κ2) is 5.84. The summed E-state index contributed by atoms with van der Waals surface area (Å²) in [5.74, 6) is -1.29. The molecular weight excluding hydrogens is 302 g/mol. The zero-order chi connectivity index (χ0) is 14.2. The van der Waals surface area contributed by atoms with Crippen LogP contribution < -0.4 is 16.0 Å². The first-order chi connectivity index (χ1) is 8.76. The van der Waals surface area contributed by atoms with Crippen LogP contribution in [0.5, 0.6) is 0 Å². The number of alkyl halides is 3. The Labute approximate surface area is 118 Å². The van der Waals surface area contributed by atoms with Gasteiger partial charge < -0.3 is 16.0 Å². The predicted octanol–water partition coefficient (Wildman–Crippen LogP) is 1.90. The molecule has 0 aromatic heterocycles. The van der Waals surface area contributed by atoms with Crippen LogP contribution in [0, 0.1) is 5.82 Å². The van der Waals surface area contributed by atoms with Crippen LogP contribution in [0.3, 0.4) is 0 Å². The molecule has 9 heteroatoms. The van der Waals surface area contributed by atoms with Gasteiger partial charge in [0.2, 0.25) is 5.91 Å². The highest BCUT2D eigenvalue weighted by molar-refractivity contribution is 5.99. The lowest BCUT2D eigenvalue weighted by Gasteiger charge is -2.26. The van der Waals surface area contributed by atoms with E-state index in [1.54, 1.807) is 0 Å². The van der Waals surface area contributed by atoms with E-state index in [1.165, 1.54) is 6.07 Å². The number of benzene rings is 1. The summed E-state index contributed by atoms with van der Waals surface area (Å²) in [5.41, 5.74) is 5.58. The predicted molar refractivity (Wildman–Crippen MR) is 68.5 cm³/mol. The van der Waals surface area contributed by atoms with Crippen molar-refractivity contribution in [1.29, 1.82) is 0 Å². The number of halogens is 5. The average molecular weight is 314 g/mol. The Hall–Kier alpha value is -1.54. The number of hydrogen-bond donors (Lipinski definition) is 2. The molecule has 1 aliphatic rings. The van der Waals surface area contributed by atoms with Crippen molar-refractivity contribution < 1.29 is 22.4 Å². The number of anilines is 2. The number of nitrogens with one attached hydrogen (secondary N) is 1. The fourth-order valence-corrected chi connectivity index (χ4v) is 1.89. The van der Waals surface area contributed by atoms with Crippen molar-refractivity contribution >= 4 is 29.7 Å². The fourth-order valence-electron chi connectivity index (χ4n) is 1.89. The molecule has 112 valence electrons. The molecule has 0 radical (unpaired) electrons. The number of rotatable bonds is 1. The van der Waals surface area contributed by atoms with E-state index in [0.29, 0.717) is 0 Å². The van der Waals surface area contributed by atoms with Crippen LogP contribution in [0.25, 0.3) is 0 Å². The van der Waals surface area contributed by atoms with E-state index in [-0.39, 0.29) is 30.3 Å². The number of nitrogens with two attached hydrogens (primary N) is 1. The molecule has 3 N–H and O–H groups in total. The summed E-state index contributed by atoms with van der Waals surface area (Å²) in [7, 11) is 0. The van der Waals surface area contributed by atoms with E-state index in [9.17, 15) is 22.4 Å². The molecule has 0 saturated carbocycles. The smallest absolute Gasteiger partial charge is 0.359 e. The largest absolute Gasteiger partial charge is 0.405 e. The normalized spacial score (nSPS) is 18.8. The van der Waals surface area contributed by atoms with Crippen LogP contribution in [0.4, 0.5) is 28.9 Å². The zero-order valence-electron chi connectivity index (χ0n) is 10.1. The van der Waals surface area contributed by atoms with Gasteiger partial charge in [-0.25, -0.2) is 4.39 Å². The lowest BCUT2D eigenvalue weighted by molar-refractivity contribution is -0.121. The molecular formula is C11H12ClF4N3O. The van der Waals surface area contributed by atoms with Gasteiger partial charge in [0, 0.05) is 6.54 Å². The molecule has 1 amide bonds. The van der Waals surface area contributed by atoms with Gasteiger partial charge in [-0.05, 0) is 18.2 Å². The molecule has 1 aromatic carbocycles. The van der Waals surface area contributed by atoms with Crippen molar-refractivity contribution in [3.63, 3.8) is 0 Å². The summed E-state index contributed by atoms with van der Waals surface area (Å²) in [6.07, 6.45) is -4.45. The molecule has 1 heterocycles. The summed E-state index contributed by atoms with van der Waals surface area (Å²) in [6, 6.07) is 2.08. The summed E-state index contributed by atoms with van der Waals surface area (Å²) in [4.78, 5) is 12.4. The van der Waals surface area contributed by atoms with Gasteiger partial charge in [-0.15, -0.1) is 12.4 Å². The third-order valence-corrected chi connectivity index (χ3v) is 2.68. The van der Waals surface area contributed by atoms with Gasteiger partial charge >= 0.3 is 6.18 Å². The Kier molecular flexibility index (Phi) is 4.82. The first-order valence-corrected chi connectivity index (χ1v) is 5.44. The van der Waals surface area contributed by atoms with Crippen molar-refractivity contribution in [2.75, 3.05) is 23.3 Å². The fraction of sp³-hybridized carbons (Fsp3) is 0.364. The minimum Gasteiger partial charge on any atom is -0.359 e. The molecule has 1 atom stereocenters. The number of fused-ring (bicyclic) bond motifs is 1. The number of carbonyl (C=O) groups excluding carboxylic acids is 1. The van der Waals surface area contributed by atoms with E-state index in [1.807, 2.05) is 0 Å². The Morgan fingerprint density at radius 2 is 2.05 bits per heavy atom. The lowest BCUT2D eigenvalue weighted by atomic mass is 10.2. The van der Waals surface area contributed by atoms with Gasteiger partial charge in [-0.3, -0.25) is 4.79 Å². The maximum Gasteiger partial charge on any atom is 0.405 e. The standard InChI is InChI=1S/C11H11F4N3O.ClH/c12-6-1-2-9-8(3-6)17-10(19)7(16)4-18(9)5-11(13,14)15;/h1-3,7H,4-5,16H2,(H,17,19);1H/t7-;/m0./s1. The van der Waals surface area contributed by atoms with Gasteiger partial charge in [-0.2, -0.15) is 13.2 Å². The number of hydrogen-bond acceptors (Lipinski definition) is 3. The Morgan fingerprint density at radius 1 is 1.40 bits per heavy atom. The van der Waals surface area contributed by atoms with Crippen LogP contribution in [-0.4, -0.2) is 31.2 Å². The van der Waals surface area contributed by atoms with Crippen molar-refractivity contribution in [3.05, 3.63) is 24.0 Å². The summed E-state index contributed by atoms with van der Waals surface area (Å²) in [5, 5.41) is 2.32. The minimum atomic E-state index is -4.45. The Bertz CT molecular complexity index is 509. The van der Waals surface area contributed by atoms with Crippen LogP contribution in [0.15, 0.2) is 18.2 Å². The van der Waals surface area contributed by atoms with Crippen molar-refractivity contribution in [2.24, 2.45) is 5.73 Å². The first-order valence-electron chi connectivity index (χ1n) is 5.44. The van der Waals surface area contributed by atoms with Crippen LogP contribution in [0.1, 0.15) is 0 Å². The van der Waals surface area contributed by atoms with Crippen molar-refractivity contribution in [2.45, 2.75) is 12.2 Å². The third kappa shape index (κ3) is 3.73. The molecule has 0 fully saturated rings. The molecule has 0 unspecified atom stereocenters. The molecule has 0 bridgehead atoms. The highest BCUT2D eigenvalue weighted by atomic mass is 35.5. The molecule has 0 spiro atoms. The molecule has 20 heavy (non-hydrogen) atoms. The molecule has 2 rings (SSSR count). The maximum atomic E-state index is 13.1. The van der Waals surface area contributed by atoms with Crippen molar-refractivity contribution in [3.8, 4) is 0 Å². The third-order valence-electron chi connectivity index (χ3n) is 2.68. The van der Waals surface area contributed by atoms with Crippen LogP contribution in [-0.2, 0) is 4.79 Å². The summed E-state index contributed by atoms with van der Waals surface area (Å²) >= 11 is 0. The zero-order valence-corrected chi connectivity index (χ0v) is 10.9. The van der Waals surface area contributed by atoms with Gasteiger partial charge in [0.05, 0.1) is 11.4 Å². The second-order valence-electron chi connectivity index (χ2n) is 4.25. The number of carbonyl (C=O) groups is 1. The van der Waals surface area contributed by atoms with Gasteiger partial charge in [0.15, 0.2) is 0 Å². The van der Waals surface area contributed by atoms with Crippen molar-refractivity contribution in [1.82, 2.24) is 0 Å². The summed E-state index contributed by atoms with van der Waals surface area (Å²) < 4.78 is 50.6. The van der Waals surface area contributed by atoms with Crippen LogP contribution in [0.2, 0.25) is 0 Å². The Balaban J connectivity index is 0.00000200. The highest BCUT2D eigenvalue weighted by Crippen LogP contribution is 2.31. The molecule has 1 aliphatic heterocycles. The highest BCUT2D eigenvalue weighted by Gasteiger charge is 2.35. The van der Waals surface area contributed by atoms with Gasteiger partial charge in [-0.1, -0.05) is 0 Å². The van der Waals surface area contributed by atoms with E-state index in [2.05, 4.69) is 5.32 Å². The van der Waals surface area contributed by atoms with E-state index >= 15 is 0 Å². The Morgan fingerprint density at radius 3 is 2.65 bits per heavy atom. The molecule has 1 aromatic rings. The van der Waals surface area contributed by atoms with E-state index in [0.717, 1.165) is 17.0 Å². The maximum absolute atomic E-state index is 13.1. The number of amides is 1. The lowest BCUT2D eigenvalue weighted by Crippen LogP contribution is -2.45. The van der Waals surface area contributed by atoms with Crippen LogP contribution >= 0.6 is 12.4 Å². The van der Waals surface area contributed by atoms with E-state index < -0.39 is 30.5 Å². The quantitative estimate of drug-likeness (QED) is 0.779. The second-order valence-corrected chi connectivity index (χ2v) is 4.25. The number of nitrogens with zero attached hydrogens (tertiary/aromatic N) is 1. The van der Waals surface area contributed by atoms with Gasteiger partial charge in [0.25, 0.3) is 0 Å². The topological polar surface area (TPSA) is 58.4 Å². The van der Waals surface area contributed by atoms with Gasteiger partial charge in [0.1, 0.15) is 18.4 Å². The summed E-state index contributed by atoms with van der Waals surface area (Å²) in [6.45, 7) is -1.54. The SMILES string of the molecule is Cl.N[C@H]1CN(CC(F)(F)F)c2ccc(F)cc2NC1=O. The minimum absolute atomic E-state index is 0. The first kappa shape index (κ1) is 16.5. The molecule has 4 nitrogen and oxygen atoms in total. The molecule has 0 saturated heterocycles. The monoisotopic (exact) mass is 313 g/mol.